The second-order valence-corrected chi connectivity index (χ2v) is 10.1. The van der Waals surface area contributed by atoms with Crippen molar-refractivity contribution in [2.75, 3.05) is 45.7 Å². The van der Waals surface area contributed by atoms with E-state index in [9.17, 15) is 22.8 Å². The minimum Gasteiger partial charge on any atom is -0.357 e. The number of hydrogen-bond donors (Lipinski definition) is 0. The lowest BCUT2D eigenvalue weighted by Crippen LogP contribution is -2.39. The highest BCUT2D eigenvalue weighted by Crippen LogP contribution is 2.36. The highest BCUT2D eigenvalue weighted by Gasteiger charge is 2.46. The third-order valence-corrected chi connectivity index (χ3v) is 7.14. The highest BCUT2D eigenvalue weighted by molar-refractivity contribution is 6.32. The van der Waals surface area contributed by atoms with E-state index in [4.69, 9.17) is 11.6 Å². The monoisotopic (exact) mass is 538 g/mol. The van der Waals surface area contributed by atoms with Crippen LogP contribution in [0, 0.1) is 5.92 Å². The predicted molar refractivity (Wildman–Crippen MR) is 139 cm³/mol. The Balaban J connectivity index is 1.44. The molecule has 1 aromatic heterocycles. The van der Waals surface area contributed by atoms with Crippen LogP contribution < -0.4 is 4.90 Å². The SMILES string of the molecule is CN(C)C(=O)c1ccc(N2CCC(CCCCN(C)C(=O)C(c3ccccc3)C(F)(F)F)CC2)nc1Cl. The molecule has 1 saturated heterocycles. The van der Waals surface area contributed by atoms with Gasteiger partial charge in [0.2, 0.25) is 5.91 Å². The van der Waals surface area contributed by atoms with E-state index in [0.29, 0.717) is 17.9 Å². The Morgan fingerprint density at radius 2 is 1.70 bits per heavy atom. The zero-order valence-corrected chi connectivity index (χ0v) is 22.2. The summed E-state index contributed by atoms with van der Waals surface area (Å²) >= 11 is 6.25. The molecule has 2 heterocycles. The average Bonchev–Trinajstić information content (AvgIpc) is 2.86. The van der Waals surface area contributed by atoms with Crippen molar-refractivity contribution in [2.45, 2.75) is 44.2 Å². The van der Waals surface area contributed by atoms with Crippen LogP contribution in [0.1, 0.15) is 53.9 Å². The maximum atomic E-state index is 13.6. The summed E-state index contributed by atoms with van der Waals surface area (Å²) in [6.07, 6.45) is -0.243. The number of halogens is 4. The maximum absolute atomic E-state index is 13.6. The number of hydrogen-bond acceptors (Lipinski definition) is 4. The molecule has 1 unspecified atom stereocenters. The zero-order chi connectivity index (χ0) is 27.2. The molecule has 2 amide bonds. The Morgan fingerprint density at radius 1 is 1.05 bits per heavy atom. The number of aromatic nitrogens is 1. The van der Waals surface area contributed by atoms with E-state index in [2.05, 4.69) is 9.88 Å². The summed E-state index contributed by atoms with van der Waals surface area (Å²) in [5.74, 6) is -1.99. The second kappa shape index (κ2) is 12.6. The van der Waals surface area contributed by atoms with E-state index in [1.54, 1.807) is 26.2 Å². The lowest BCUT2D eigenvalue weighted by Gasteiger charge is -2.33. The van der Waals surface area contributed by atoms with E-state index in [-0.39, 0.29) is 23.2 Å². The Bertz CT molecular complexity index is 1060. The first-order valence-corrected chi connectivity index (χ1v) is 12.9. The standard InChI is InChI=1S/C27H34ClF3N4O2/c1-33(2)25(36)21-12-13-22(32-24(21)28)35-17-14-19(15-18-35)9-7-8-16-34(3)26(37)23(27(29,30)31)20-10-5-4-6-11-20/h4-6,10-13,19,23H,7-9,14-18H2,1-3H3. The Kier molecular flexibility index (Phi) is 9.81. The van der Waals surface area contributed by atoms with Gasteiger partial charge in [0.25, 0.3) is 5.91 Å². The van der Waals surface area contributed by atoms with Crippen LogP contribution in [-0.2, 0) is 4.79 Å². The van der Waals surface area contributed by atoms with E-state index in [1.807, 2.05) is 6.07 Å². The molecule has 0 radical (unpaired) electrons. The molecule has 1 aromatic carbocycles. The number of carbonyl (C=O) groups excluding carboxylic acids is 2. The number of alkyl halides is 3. The van der Waals surface area contributed by atoms with Crippen molar-refractivity contribution in [3.63, 3.8) is 0 Å². The molecule has 0 N–H and O–H groups in total. The predicted octanol–water partition coefficient (Wildman–Crippen LogP) is 5.63. The largest absolute Gasteiger partial charge is 0.404 e. The highest BCUT2D eigenvalue weighted by atomic mass is 35.5. The van der Waals surface area contributed by atoms with E-state index in [0.717, 1.165) is 44.6 Å². The van der Waals surface area contributed by atoms with Gasteiger partial charge in [-0.05, 0) is 42.9 Å². The number of benzene rings is 1. The summed E-state index contributed by atoms with van der Waals surface area (Å²) in [5, 5.41) is 0.192. The first-order chi connectivity index (χ1) is 17.5. The van der Waals surface area contributed by atoms with Crippen LogP contribution >= 0.6 is 11.6 Å². The molecule has 1 aliphatic rings. The number of anilines is 1. The molecule has 0 aliphatic carbocycles. The molecule has 10 heteroatoms. The van der Waals surface area contributed by atoms with E-state index in [1.165, 1.54) is 41.1 Å². The van der Waals surface area contributed by atoms with Crippen molar-refractivity contribution < 1.29 is 22.8 Å². The first kappa shape index (κ1) is 28.8. The molecule has 6 nitrogen and oxygen atoms in total. The molecule has 202 valence electrons. The van der Waals surface area contributed by atoms with Crippen molar-refractivity contribution in [1.82, 2.24) is 14.8 Å². The van der Waals surface area contributed by atoms with Gasteiger partial charge in [0, 0.05) is 40.8 Å². The third-order valence-electron chi connectivity index (χ3n) is 6.85. The molecule has 1 fully saturated rings. The molecule has 0 spiro atoms. The van der Waals surface area contributed by atoms with Crippen LogP contribution in [0.2, 0.25) is 5.15 Å². The normalized spacial score (nSPS) is 15.4. The zero-order valence-electron chi connectivity index (χ0n) is 21.5. The van der Waals surface area contributed by atoms with Gasteiger partial charge in [-0.25, -0.2) is 4.98 Å². The third kappa shape index (κ3) is 7.60. The van der Waals surface area contributed by atoms with E-state index < -0.39 is 18.0 Å². The number of rotatable bonds is 9. The number of amides is 2. The molecule has 1 aliphatic heterocycles. The van der Waals surface area contributed by atoms with Gasteiger partial charge in [0.1, 0.15) is 11.0 Å². The second-order valence-electron chi connectivity index (χ2n) is 9.78. The van der Waals surface area contributed by atoms with Gasteiger partial charge in [0.05, 0.1) is 5.56 Å². The molecule has 37 heavy (non-hydrogen) atoms. The van der Waals surface area contributed by atoms with Crippen LogP contribution in [0.4, 0.5) is 19.0 Å². The molecule has 0 bridgehead atoms. The fourth-order valence-corrected chi connectivity index (χ4v) is 4.91. The van der Waals surface area contributed by atoms with Crippen LogP contribution in [0.5, 0.6) is 0 Å². The van der Waals surface area contributed by atoms with Gasteiger partial charge >= 0.3 is 6.18 Å². The quantitative estimate of drug-likeness (QED) is 0.307. The van der Waals surface area contributed by atoms with Crippen molar-refractivity contribution in [1.29, 1.82) is 0 Å². The van der Waals surface area contributed by atoms with Gasteiger partial charge in [-0.3, -0.25) is 9.59 Å². The molecule has 2 aromatic rings. The van der Waals surface area contributed by atoms with Gasteiger partial charge in [-0.1, -0.05) is 54.8 Å². The molecular formula is C27H34ClF3N4O2. The van der Waals surface area contributed by atoms with Crippen LogP contribution in [0.15, 0.2) is 42.5 Å². The molecule has 3 rings (SSSR count). The molecular weight excluding hydrogens is 505 g/mol. The van der Waals surface area contributed by atoms with Crippen LogP contribution in [0.3, 0.4) is 0 Å². The van der Waals surface area contributed by atoms with Crippen molar-refractivity contribution >= 4 is 29.2 Å². The Hall–Kier alpha value is -2.81. The number of pyridine rings is 1. The molecule has 0 saturated carbocycles. The van der Waals surface area contributed by atoms with Gasteiger partial charge in [0.15, 0.2) is 5.92 Å². The van der Waals surface area contributed by atoms with Gasteiger partial charge < -0.3 is 14.7 Å². The summed E-state index contributed by atoms with van der Waals surface area (Å²) in [6, 6.07) is 10.9. The number of nitrogens with zero attached hydrogens (tertiary/aromatic N) is 4. The van der Waals surface area contributed by atoms with Crippen LogP contribution in [-0.4, -0.2) is 73.6 Å². The number of likely N-dealkylation sites (N-methyl/N-ethyl adjacent to an activating group) is 1. The Morgan fingerprint density at radius 3 is 2.27 bits per heavy atom. The van der Waals surface area contributed by atoms with Crippen molar-refractivity contribution in [3.8, 4) is 0 Å². The summed E-state index contributed by atoms with van der Waals surface area (Å²) in [6.45, 7) is 1.92. The van der Waals surface area contributed by atoms with Crippen LogP contribution in [0.25, 0.3) is 0 Å². The maximum Gasteiger partial charge on any atom is 0.404 e. The van der Waals surface area contributed by atoms with Gasteiger partial charge in [-0.2, -0.15) is 13.2 Å². The fourth-order valence-electron chi connectivity index (χ4n) is 4.68. The lowest BCUT2D eigenvalue weighted by atomic mass is 9.91. The average molecular weight is 539 g/mol. The number of piperidine rings is 1. The lowest BCUT2D eigenvalue weighted by molar-refractivity contribution is -0.171. The molecule has 1 atom stereocenters. The van der Waals surface area contributed by atoms with Gasteiger partial charge in [-0.15, -0.1) is 0 Å². The fraction of sp³-hybridized carbons (Fsp3) is 0.519. The topological polar surface area (TPSA) is 56.8 Å². The summed E-state index contributed by atoms with van der Waals surface area (Å²) in [7, 11) is 4.77. The Labute approximate surface area is 221 Å². The first-order valence-electron chi connectivity index (χ1n) is 12.5. The summed E-state index contributed by atoms with van der Waals surface area (Å²) in [5.41, 5.74) is 0.340. The minimum absolute atomic E-state index is 0.0340. The number of unbranched alkanes of at least 4 members (excludes halogenated alkanes) is 1. The minimum atomic E-state index is -4.64. The van der Waals surface area contributed by atoms with E-state index >= 15 is 0 Å². The summed E-state index contributed by atoms with van der Waals surface area (Å²) in [4.78, 5) is 34.0. The number of carbonyl (C=O) groups is 2. The summed E-state index contributed by atoms with van der Waals surface area (Å²) < 4.78 is 40.9. The van der Waals surface area contributed by atoms with Crippen molar-refractivity contribution in [2.24, 2.45) is 5.92 Å². The van der Waals surface area contributed by atoms with Crippen molar-refractivity contribution in [3.05, 3.63) is 58.7 Å². The smallest absolute Gasteiger partial charge is 0.357 e.